The number of carbonyl (C=O) groups is 1. The summed E-state index contributed by atoms with van der Waals surface area (Å²) in [6, 6.07) is 18.1. The Kier molecular flexibility index (Phi) is 5.34. The zero-order chi connectivity index (χ0) is 16.7. The molecule has 0 fully saturated rings. The molecule has 0 radical (unpaired) electrons. The lowest BCUT2D eigenvalue weighted by molar-refractivity contribution is -0.148. The summed E-state index contributed by atoms with van der Waals surface area (Å²) in [7, 11) is 1.30. The van der Waals surface area contributed by atoms with Gasteiger partial charge in [-0.3, -0.25) is 0 Å². The van der Waals surface area contributed by atoms with E-state index in [4.69, 9.17) is 20.5 Å². The molecule has 0 aromatic heterocycles. The molecule has 0 aliphatic heterocycles. The number of methoxy groups -OCH3 is 1. The van der Waals surface area contributed by atoms with E-state index in [1.165, 1.54) is 7.11 Å². The fourth-order valence-corrected chi connectivity index (χ4v) is 2.18. The summed E-state index contributed by atoms with van der Waals surface area (Å²) in [6.45, 7) is -0.0273. The van der Waals surface area contributed by atoms with Crippen molar-refractivity contribution < 1.29 is 14.3 Å². The molecule has 2 aromatic rings. The van der Waals surface area contributed by atoms with Gasteiger partial charge in [-0.1, -0.05) is 30.3 Å². The minimum absolute atomic E-state index is 0.0273. The Morgan fingerprint density at radius 2 is 1.83 bits per heavy atom. The zero-order valence-electron chi connectivity index (χ0n) is 12.9. The third-order valence-corrected chi connectivity index (χ3v) is 3.43. The van der Waals surface area contributed by atoms with Gasteiger partial charge in [0.1, 0.15) is 12.4 Å². The topological polar surface area (TPSA) is 85.3 Å². The lowest BCUT2D eigenvalue weighted by Gasteiger charge is -2.26. The molecule has 2 aromatic carbocycles. The maximum absolute atomic E-state index is 12.1. The van der Waals surface area contributed by atoms with Crippen LogP contribution in [0.3, 0.4) is 0 Å². The summed E-state index contributed by atoms with van der Waals surface area (Å²) >= 11 is 0. The Labute approximate surface area is 135 Å². The van der Waals surface area contributed by atoms with Crippen LogP contribution < -0.4 is 10.5 Å². The highest BCUT2D eigenvalue weighted by molar-refractivity contribution is 5.81. The quantitative estimate of drug-likeness (QED) is 0.825. The van der Waals surface area contributed by atoms with Crippen molar-refractivity contribution in [1.29, 1.82) is 5.26 Å². The van der Waals surface area contributed by atoms with Crippen LogP contribution in [0.4, 0.5) is 0 Å². The molecule has 118 valence electrons. The van der Waals surface area contributed by atoms with Crippen LogP contribution in [-0.2, 0) is 16.0 Å². The van der Waals surface area contributed by atoms with E-state index >= 15 is 0 Å². The molecule has 0 spiro atoms. The number of ether oxygens (including phenoxy) is 2. The Bertz CT molecular complexity index is 692. The van der Waals surface area contributed by atoms with Crippen molar-refractivity contribution >= 4 is 5.97 Å². The Hall–Kier alpha value is -2.84. The third kappa shape index (κ3) is 4.31. The Balaban J connectivity index is 2.11. The van der Waals surface area contributed by atoms with Crippen LogP contribution in [0.25, 0.3) is 0 Å². The number of hydrogen-bond acceptors (Lipinski definition) is 5. The van der Waals surface area contributed by atoms with Crippen LogP contribution >= 0.6 is 0 Å². The van der Waals surface area contributed by atoms with Crippen molar-refractivity contribution in [2.75, 3.05) is 13.7 Å². The van der Waals surface area contributed by atoms with Gasteiger partial charge < -0.3 is 15.2 Å². The van der Waals surface area contributed by atoms with Crippen LogP contribution in [0, 0.1) is 11.3 Å². The predicted molar refractivity (Wildman–Crippen MR) is 85.7 cm³/mol. The first kappa shape index (κ1) is 16.5. The number of nitriles is 1. The van der Waals surface area contributed by atoms with Crippen molar-refractivity contribution in [3.05, 3.63) is 65.7 Å². The van der Waals surface area contributed by atoms with Gasteiger partial charge in [-0.2, -0.15) is 5.26 Å². The molecule has 1 atom stereocenters. The number of nitrogens with zero attached hydrogens (tertiary/aromatic N) is 1. The lowest BCUT2D eigenvalue weighted by Crippen LogP contribution is -2.55. The van der Waals surface area contributed by atoms with Crippen molar-refractivity contribution in [2.24, 2.45) is 5.73 Å². The molecule has 5 heteroatoms. The molecule has 0 saturated heterocycles. The Morgan fingerprint density at radius 3 is 2.39 bits per heavy atom. The highest BCUT2D eigenvalue weighted by Gasteiger charge is 2.36. The normalized spacial score (nSPS) is 12.7. The third-order valence-electron chi connectivity index (χ3n) is 3.43. The molecule has 0 aliphatic rings. The molecule has 2 rings (SSSR count). The SMILES string of the molecule is COC(=O)[C@@](N)(COc1ccc(C#N)cc1)Cc1ccccc1. The minimum Gasteiger partial charge on any atom is -0.491 e. The number of esters is 1. The summed E-state index contributed by atoms with van der Waals surface area (Å²) in [4.78, 5) is 12.1. The second kappa shape index (κ2) is 7.43. The average Bonchev–Trinajstić information content (AvgIpc) is 2.60. The molecule has 0 saturated carbocycles. The molecule has 2 N–H and O–H groups in total. The molecule has 0 heterocycles. The zero-order valence-corrected chi connectivity index (χ0v) is 12.9. The fraction of sp³-hybridized carbons (Fsp3) is 0.222. The summed E-state index contributed by atoms with van der Waals surface area (Å²) in [6.07, 6.45) is 0.302. The highest BCUT2D eigenvalue weighted by Crippen LogP contribution is 2.17. The largest absolute Gasteiger partial charge is 0.491 e. The van der Waals surface area contributed by atoms with Gasteiger partial charge in [0.25, 0.3) is 0 Å². The van der Waals surface area contributed by atoms with Crippen molar-refractivity contribution in [2.45, 2.75) is 12.0 Å². The first-order valence-electron chi connectivity index (χ1n) is 7.11. The number of rotatable bonds is 6. The molecule has 0 bridgehead atoms. The second-order valence-electron chi connectivity index (χ2n) is 5.23. The van der Waals surface area contributed by atoms with E-state index in [1.807, 2.05) is 36.4 Å². The van der Waals surface area contributed by atoms with Gasteiger partial charge >= 0.3 is 5.97 Å². The summed E-state index contributed by atoms with van der Waals surface area (Å²) in [5.41, 5.74) is 6.40. The standard InChI is InChI=1S/C18H18N2O3/c1-22-17(21)18(20,11-14-5-3-2-4-6-14)13-23-16-9-7-15(12-19)8-10-16/h2-10H,11,13,20H2,1H3/t18-/m0/s1. The number of carbonyl (C=O) groups excluding carboxylic acids is 1. The van der Waals surface area contributed by atoms with Gasteiger partial charge in [0.15, 0.2) is 5.54 Å². The second-order valence-corrected chi connectivity index (χ2v) is 5.23. The predicted octanol–water partition coefficient (Wildman–Crippen LogP) is 2.05. The fourth-order valence-electron chi connectivity index (χ4n) is 2.18. The number of benzene rings is 2. The van der Waals surface area contributed by atoms with Crippen molar-refractivity contribution in [3.63, 3.8) is 0 Å². The van der Waals surface area contributed by atoms with Gasteiger partial charge in [0, 0.05) is 6.42 Å². The molecular formula is C18H18N2O3. The maximum Gasteiger partial charge on any atom is 0.329 e. The highest BCUT2D eigenvalue weighted by atomic mass is 16.5. The molecule has 5 nitrogen and oxygen atoms in total. The lowest BCUT2D eigenvalue weighted by atomic mass is 9.92. The van der Waals surface area contributed by atoms with E-state index in [1.54, 1.807) is 24.3 Å². The van der Waals surface area contributed by atoms with E-state index in [-0.39, 0.29) is 6.61 Å². The molecule has 0 aliphatic carbocycles. The van der Waals surface area contributed by atoms with E-state index < -0.39 is 11.5 Å². The van der Waals surface area contributed by atoms with Gasteiger partial charge in [-0.25, -0.2) is 4.79 Å². The van der Waals surface area contributed by atoms with Gasteiger partial charge in [-0.05, 0) is 29.8 Å². The monoisotopic (exact) mass is 310 g/mol. The average molecular weight is 310 g/mol. The molecule has 0 amide bonds. The Morgan fingerprint density at radius 1 is 1.17 bits per heavy atom. The molecule has 0 unspecified atom stereocenters. The van der Waals surface area contributed by atoms with Crippen molar-refractivity contribution in [1.82, 2.24) is 0 Å². The summed E-state index contributed by atoms with van der Waals surface area (Å²) in [5, 5.41) is 8.78. The van der Waals surface area contributed by atoms with Crippen molar-refractivity contribution in [3.8, 4) is 11.8 Å². The first-order chi connectivity index (χ1) is 11.1. The van der Waals surface area contributed by atoms with Crippen LogP contribution in [0.1, 0.15) is 11.1 Å². The van der Waals surface area contributed by atoms with Gasteiger partial charge in [0.2, 0.25) is 0 Å². The van der Waals surface area contributed by atoms with Gasteiger partial charge in [-0.15, -0.1) is 0 Å². The summed E-state index contributed by atoms with van der Waals surface area (Å²) in [5.74, 6) is 0.00536. The van der Waals surface area contributed by atoms with Crippen LogP contribution in [0.15, 0.2) is 54.6 Å². The first-order valence-corrected chi connectivity index (χ1v) is 7.11. The summed E-state index contributed by atoms with van der Waals surface area (Å²) < 4.78 is 10.5. The van der Waals surface area contributed by atoms with Crippen LogP contribution in [0.5, 0.6) is 5.75 Å². The number of hydrogen-bond donors (Lipinski definition) is 1. The van der Waals surface area contributed by atoms with E-state index in [0.717, 1.165) is 5.56 Å². The van der Waals surface area contributed by atoms with E-state index in [9.17, 15) is 4.79 Å². The van der Waals surface area contributed by atoms with E-state index in [0.29, 0.717) is 17.7 Å². The van der Waals surface area contributed by atoms with Gasteiger partial charge in [0.05, 0.1) is 18.7 Å². The number of nitrogens with two attached hydrogens (primary N) is 1. The maximum atomic E-state index is 12.1. The van der Waals surface area contributed by atoms with Crippen LogP contribution in [0.2, 0.25) is 0 Å². The molecular weight excluding hydrogens is 292 g/mol. The molecule has 23 heavy (non-hydrogen) atoms. The smallest absolute Gasteiger partial charge is 0.329 e. The van der Waals surface area contributed by atoms with E-state index in [2.05, 4.69) is 0 Å². The van der Waals surface area contributed by atoms with Crippen LogP contribution in [-0.4, -0.2) is 25.2 Å². The minimum atomic E-state index is -1.29.